The van der Waals surface area contributed by atoms with Crippen LogP contribution in [0.2, 0.25) is 0 Å². The molecule has 0 aliphatic heterocycles. The average Bonchev–Trinajstić information content (AvgIpc) is 2.46. The highest BCUT2D eigenvalue weighted by Gasteiger charge is 2.04. The lowest BCUT2D eigenvalue weighted by Gasteiger charge is -2.05. The highest BCUT2D eigenvalue weighted by Crippen LogP contribution is 2.08. The molecule has 0 bridgehead atoms. The first-order valence-corrected chi connectivity index (χ1v) is 6.74. The van der Waals surface area contributed by atoms with Crippen molar-refractivity contribution >= 4 is 21.8 Å². The first kappa shape index (κ1) is 12.8. The highest BCUT2D eigenvalue weighted by atomic mass is 79.9. The molecule has 1 aromatic carbocycles. The fourth-order valence-corrected chi connectivity index (χ4v) is 1.90. The van der Waals surface area contributed by atoms with Crippen LogP contribution in [0, 0.1) is 0 Å². The number of rotatable bonds is 4. The number of pyridine rings is 1. The maximum absolute atomic E-state index is 11.9. The molecule has 0 unspecified atom stereocenters. The van der Waals surface area contributed by atoms with Gasteiger partial charge in [-0.3, -0.25) is 9.78 Å². The molecule has 0 fully saturated rings. The topological polar surface area (TPSA) is 42.0 Å². The Morgan fingerprint density at radius 2 is 1.72 bits per heavy atom. The number of carbonyl (C=O) groups is 1. The van der Waals surface area contributed by atoms with Gasteiger partial charge in [-0.2, -0.15) is 0 Å². The summed E-state index contributed by atoms with van der Waals surface area (Å²) < 4.78 is 0. The normalized spacial score (nSPS) is 10.1. The Labute approximate surface area is 114 Å². The molecule has 2 aromatic rings. The van der Waals surface area contributed by atoms with Crippen molar-refractivity contribution in [3.63, 3.8) is 0 Å². The molecule has 0 saturated carbocycles. The molecule has 1 N–H and O–H groups in total. The standard InChI is InChI=1S/C14H13BrN2O/c15-9-11-1-3-13(4-2-11)14(18)17-10-12-5-7-16-8-6-12/h1-8H,9-10H2,(H,17,18). The van der Waals surface area contributed by atoms with Crippen molar-refractivity contribution in [1.29, 1.82) is 0 Å². The third-order valence-electron chi connectivity index (χ3n) is 2.57. The molecule has 18 heavy (non-hydrogen) atoms. The molecule has 3 nitrogen and oxygen atoms in total. The summed E-state index contributed by atoms with van der Waals surface area (Å²) in [5.74, 6) is -0.0621. The third-order valence-corrected chi connectivity index (χ3v) is 3.22. The summed E-state index contributed by atoms with van der Waals surface area (Å²) in [7, 11) is 0. The van der Waals surface area contributed by atoms with Crippen LogP contribution in [0.15, 0.2) is 48.8 Å². The number of nitrogens with one attached hydrogen (secondary N) is 1. The summed E-state index contributed by atoms with van der Waals surface area (Å²) in [5.41, 5.74) is 2.87. The van der Waals surface area contributed by atoms with E-state index in [1.807, 2.05) is 36.4 Å². The van der Waals surface area contributed by atoms with E-state index in [9.17, 15) is 4.79 Å². The second-order valence-corrected chi connectivity index (χ2v) is 4.43. The monoisotopic (exact) mass is 304 g/mol. The maximum Gasteiger partial charge on any atom is 0.251 e. The zero-order valence-corrected chi connectivity index (χ0v) is 11.4. The van der Waals surface area contributed by atoms with Crippen LogP contribution in [0.25, 0.3) is 0 Å². The lowest BCUT2D eigenvalue weighted by Crippen LogP contribution is -2.22. The van der Waals surface area contributed by atoms with Crippen LogP contribution in [-0.2, 0) is 11.9 Å². The van der Waals surface area contributed by atoms with Gasteiger partial charge in [0.1, 0.15) is 0 Å². The zero-order chi connectivity index (χ0) is 12.8. The van der Waals surface area contributed by atoms with Gasteiger partial charge in [0, 0.05) is 29.8 Å². The summed E-state index contributed by atoms with van der Waals surface area (Å²) in [4.78, 5) is 15.8. The van der Waals surface area contributed by atoms with E-state index in [2.05, 4.69) is 26.2 Å². The molecule has 1 heterocycles. The number of halogens is 1. The van der Waals surface area contributed by atoms with Gasteiger partial charge < -0.3 is 5.32 Å². The molecule has 92 valence electrons. The van der Waals surface area contributed by atoms with E-state index in [1.54, 1.807) is 12.4 Å². The number of aromatic nitrogens is 1. The van der Waals surface area contributed by atoms with E-state index in [4.69, 9.17) is 0 Å². The second kappa shape index (κ2) is 6.31. The average molecular weight is 305 g/mol. The number of carbonyl (C=O) groups excluding carboxylic acids is 1. The molecular weight excluding hydrogens is 292 g/mol. The summed E-state index contributed by atoms with van der Waals surface area (Å²) in [5, 5.41) is 3.67. The van der Waals surface area contributed by atoms with Gasteiger partial charge in [-0.15, -0.1) is 0 Å². The van der Waals surface area contributed by atoms with Crippen LogP contribution >= 0.6 is 15.9 Å². The van der Waals surface area contributed by atoms with Crippen molar-refractivity contribution in [2.24, 2.45) is 0 Å². The molecule has 1 amide bonds. The summed E-state index contributed by atoms with van der Waals surface area (Å²) in [6, 6.07) is 11.3. The number of hydrogen-bond acceptors (Lipinski definition) is 2. The largest absolute Gasteiger partial charge is 0.348 e. The lowest BCUT2D eigenvalue weighted by molar-refractivity contribution is 0.0951. The number of alkyl halides is 1. The van der Waals surface area contributed by atoms with Crippen molar-refractivity contribution in [3.8, 4) is 0 Å². The first-order valence-electron chi connectivity index (χ1n) is 5.61. The SMILES string of the molecule is O=C(NCc1ccncc1)c1ccc(CBr)cc1. The minimum absolute atomic E-state index is 0.0621. The fraction of sp³-hybridized carbons (Fsp3) is 0.143. The molecule has 1 aromatic heterocycles. The number of hydrogen-bond donors (Lipinski definition) is 1. The molecule has 4 heteroatoms. The summed E-state index contributed by atoms with van der Waals surface area (Å²) in [6.45, 7) is 0.515. The van der Waals surface area contributed by atoms with Crippen LogP contribution in [-0.4, -0.2) is 10.9 Å². The van der Waals surface area contributed by atoms with Gasteiger partial charge in [0.05, 0.1) is 0 Å². The van der Waals surface area contributed by atoms with Gasteiger partial charge in [0.25, 0.3) is 5.91 Å². The van der Waals surface area contributed by atoms with E-state index in [1.165, 1.54) is 0 Å². The van der Waals surface area contributed by atoms with E-state index in [-0.39, 0.29) is 5.91 Å². The summed E-state index contributed by atoms with van der Waals surface area (Å²) >= 11 is 3.37. The van der Waals surface area contributed by atoms with Crippen molar-refractivity contribution in [1.82, 2.24) is 10.3 Å². The van der Waals surface area contributed by atoms with Gasteiger partial charge in [-0.25, -0.2) is 0 Å². The highest BCUT2D eigenvalue weighted by molar-refractivity contribution is 9.08. The zero-order valence-electron chi connectivity index (χ0n) is 9.77. The Kier molecular flexibility index (Phi) is 4.47. The van der Waals surface area contributed by atoms with Crippen molar-refractivity contribution in [2.45, 2.75) is 11.9 Å². The Bertz CT molecular complexity index is 511. The Morgan fingerprint density at radius 1 is 1.06 bits per heavy atom. The Balaban J connectivity index is 1.95. The van der Waals surface area contributed by atoms with Crippen LogP contribution < -0.4 is 5.32 Å². The van der Waals surface area contributed by atoms with Crippen LogP contribution in [0.5, 0.6) is 0 Å². The molecule has 0 atom stereocenters. The van der Waals surface area contributed by atoms with Gasteiger partial charge in [-0.1, -0.05) is 28.1 Å². The molecular formula is C14H13BrN2O. The van der Waals surface area contributed by atoms with Crippen LogP contribution in [0.4, 0.5) is 0 Å². The maximum atomic E-state index is 11.9. The Hall–Kier alpha value is -1.68. The van der Waals surface area contributed by atoms with Gasteiger partial charge in [-0.05, 0) is 35.4 Å². The quantitative estimate of drug-likeness (QED) is 0.883. The van der Waals surface area contributed by atoms with Gasteiger partial charge in [0.15, 0.2) is 0 Å². The molecule has 0 radical (unpaired) electrons. The lowest BCUT2D eigenvalue weighted by atomic mass is 10.1. The van der Waals surface area contributed by atoms with Crippen molar-refractivity contribution in [2.75, 3.05) is 0 Å². The predicted molar refractivity (Wildman–Crippen MR) is 74.5 cm³/mol. The third kappa shape index (κ3) is 3.40. The van der Waals surface area contributed by atoms with Gasteiger partial charge >= 0.3 is 0 Å². The molecule has 0 aliphatic carbocycles. The first-order chi connectivity index (χ1) is 8.79. The molecule has 2 rings (SSSR count). The van der Waals surface area contributed by atoms with E-state index in [0.29, 0.717) is 12.1 Å². The predicted octanol–water partition coefficient (Wildman–Crippen LogP) is 2.91. The minimum Gasteiger partial charge on any atom is -0.348 e. The minimum atomic E-state index is -0.0621. The molecule has 0 spiro atoms. The molecule has 0 saturated heterocycles. The van der Waals surface area contributed by atoms with Crippen LogP contribution in [0.1, 0.15) is 21.5 Å². The smallest absolute Gasteiger partial charge is 0.251 e. The number of benzene rings is 1. The van der Waals surface area contributed by atoms with Crippen molar-refractivity contribution in [3.05, 3.63) is 65.5 Å². The van der Waals surface area contributed by atoms with Crippen LogP contribution in [0.3, 0.4) is 0 Å². The fourth-order valence-electron chi connectivity index (χ4n) is 1.53. The number of amides is 1. The Morgan fingerprint density at radius 3 is 2.33 bits per heavy atom. The van der Waals surface area contributed by atoms with E-state index < -0.39 is 0 Å². The van der Waals surface area contributed by atoms with Crippen molar-refractivity contribution < 1.29 is 4.79 Å². The van der Waals surface area contributed by atoms with Gasteiger partial charge in [0.2, 0.25) is 0 Å². The summed E-state index contributed by atoms with van der Waals surface area (Å²) in [6.07, 6.45) is 3.43. The van der Waals surface area contributed by atoms with E-state index >= 15 is 0 Å². The second-order valence-electron chi connectivity index (χ2n) is 3.87. The molecule has 0 aliphatic rings. The van der Waals surface area contributed by atoms with E-state index in [0.717, 1.165) is 16.5 Å². The number of nitrogens with zero attached hydrogens (tertiary/aromatic N) is 1.